The van der Waals surface area contributed by atoms with E-state index >= 15 is 0 Å². The van der Waals surface area contributed by atoms with Crippen molar-refractivity contribution in [3.8, 4) is 0 Å². The maximum atomic E-state index is 5.91. The van der Waals surface area contributed by atoms with Crippen molar-refractivity contribution in [1.82, 2.24) is 0 Å². The van der Waals surface area contributed by atoms with Crippen molar-refractivity contribution in [2.24, 2.45) is 0 Å². The van der Waals surface area contributed by atoms with Gasteiger partial charge in [0.25, 0.3) is 14.1 Å². The van der Waals surface area contributed by atoms with Gasteiger partial charge in [-0.3, -0.25) is 0 Å². The number of rotatable bonds is 3. The average Bonchev–Trinajstić information content (AvgIpc) is 1.69. The van der Waals surface area contributed by atoms with Gasteiger partial charge in [0.05, 0.1) is 0 Å². The zero-order valence-electron chi connectivity index (χ0n) is 5.95. The van der Waals surface area contributed by atoms with Crippen LogP contribution < -0.4 is 0 Å². The van der Waals surface area contributed by atoms with Crippen LogP contribution in [0.25, 0.3) is 0 Å². The summed E-state index contributed by atoms with van der Waals surface area (Å²) in [4.78, 5) is 0. The quantitative estimate of drug-likeness (QED) is 0.427. The number of alkyl halides is 1. The van der Waals surface area contributed by atoms with E-state index in [2.05, 4.69) is 20.8 Å². The Kier molecular flexibility index (Phi) is 5.16. The lowest BCUT2D eigenvalue weighted by Crippen LogP contribution is -2.20. The van der Waals surface area contributed by atoms with Crippen LogP contribution in [0.1, 0.15) is 20.8 Å². The highest BCUT2D eigenvalue weighted by molar-refractivity contribution is 6.69. The van der Waals surface area contributed by atoms with Crippen molar-refractivity contribution in [3.05, 3.63) is 0 Å². The predicted molar refractivity (Wildman–Crippen MR) is 42.0 cm³/mol. The summed E-state index contributed by atoms with van der Waals surface area (Å²) >= 11 is 5.41. The number of hydrogen-bond acceptors (Lipinski definition) is 0. The van der Waals surface area contributed by atoms with E-state index in [0.717, 1.165) is 0 Å². The molecule has 1 atom stereocenters. The van der Waals surface area contributed by atoms with Crippen LogP contribution >= 0.6 is 11.6 Å². The largest absolute Gasteiger partial charge is 0.286 e. The fraction of sp³-hybridized carbons (Fsp3) is 1.00. The van der Waals surface area contributed by atoms with Gasteiger partial charge in [-0.1, -0.05) is 31.3 Å². The molecule has 0 heterocycles. The summed E-state index contributed by atoms with van der Waals surface area (Å²) in [5, 5.41) is 2.70. The molecule has 2 heteroatoms. The van der Waals surface area contributed by atoms with Crippen LogP contribution in [0.3, 0.4) is 0 Å². The fourth-order valence-corrected chi connectivity index (χ4v) is 3.88. The summed E-state index contributed by atoms with van der Waals surface area (Å²) < 4.78 is 0.491. The Morgan fingerprint density at radius 3 is 1.75 bits per heavy atom. The molecule has 0 radical (unpaired) electrons. The lowest BCUT2D eigenvalue weighted by molar-refractivity contribution is 1.20. The third-order valence-corrected chi connectivity index (χ3v) is 6.16. The Morgan fingerprint density at radius 1 is 1.38 bits per heavy atom. The van der Waals surface area contributed by atoms with Gasteiger partial charge >= 0.3 is 0 Å². The monoisotopic (exact) mass is 148 g/mol. The summed E-state index contributed by atoms with van der Waals surface area (Å²) in [6.45, 7) is 6.63. The Bertz CT molecular complexity index is 50.5. The molecule has 0 nitrogen and oxygen atoms in total. The van der Waals surface area contributed by atoms with Gasteiger partial charge in [0.2, 0.25) is 0 Å². The molecule has 0 rings (SSSR count). The molecule has 0 saturated carbocycles. The molecule has 0 saturated heterocycles. The smallest absolute Gasteiger partial charge is 0.140 e. The van der Waals surface area contributed by atoms with Crippen LogP contribution in [-0.2, 0) is 0 Å². The second-order valence-corrected chi connectivity index (χ2v) is 7.52. The number of halogens is 1. The first-order chi connectivity index (χ1) is 3.72. The summed E-state index contributed by atoms with van der Waals surface area (Å²) in [5.41, 5.74) is 0. The molecule has 0 spiro atoms. The predicted octanol–water partition coefficient (Wildman–Crippen LogP) is 2.69. The van der Waals surface area contributed by atoms with Crippen LogP contribution in [0, 0.1) is 0 Å². The maximum absolute atomic E-state index is 5.91. The van der Waals surface area contributed by atoms with Crippen LogP contribution in [0.15, 0.2) is 0 Å². The Balaban J connectivity index is 3.35. The second-order valence-electron chi connectivity index (χ2n) is 2.25. The van der Waals surface area contributed by atoms with Gasteiger partial charge in [-0.25, -0.2) is 0 Å². The molecule has 0 aliphatic rings. The third-order valence-electron chi connectivity index (χ3n) is 1.70. The van der Waals surface area contributed by atoms with E-state index in [0.29, 0.717) is 4.24 Å². The minimum Gasteiger partial charge on any atom is -0.140 e. The first-order valence-electron chi connectivity index (χ1n) is 3.36. The Morgan fingerprint density at radius 2 is 1.75 bits per heavy atom. The highest BCUT2D eigenvalue weighted by Crippen LogP contribution is 2.08. The molecular weight excluding hydrogens is 135 g/mol. The normalized spacial score (nSPS) is 13.5. The van der Waals surface area contributed by atoms with Gasteiger partial charge in [0.1, 0.15) is 0 Å². The van der Waals surface area contributed by atoms with Crippen molar-refractivity contribution < 1.29 is 0 Å². The van der Waals surface area contributed by atoms with Crippen LogP contribution in [-0.4, -0.2) is 18.4 Å². The lowest BCUT2D eigenvalue weighted by atomic mass is 10.9. The molecule has 0 aromatic rings. The van der Waals surface area contributed by atoms with Crippen molar-refractivity contribution in [2.75, 3.05) is 0 Å². The molecular formula is C6H14AlCl. The van der Waals surface area contributed by atoms with Gasteiger partial charge in [0.15, 0.2) is 0 Å². The zero-order valence-corrected chi connectivity index (χ0v) is 7.86. The van der Waals surface area contributed by atoms with Crippen molar-refractivity contribution >= 4 is 25.7 Å². The second kappa shape index (κ2) is 4.68. The Labute approximate surface area is 61.6 Å². The van der Waals surface area contributed by atoms with E-state index < -0.39 is 14.1 Å². The van der Waals surface area contributed by atoms with E-state index in [-0.39, 0.29) is 0 Å². The molecule has 0 bridgehead atoms. The third kappa shape index (κ3) is 2.97. The average molecular weight is 149 g/mol. The molecule has 0 aliphatic carbocycles. The van der Waals surface area contributed by atoms with Crippen LogP contribution in [0.5, 0.6) is 0 Å². The van der Waals surface area contributed by atoms with Gasteiger partial charge in [-0.15, -0.1) is 11.6 Å². The molecule has 0 fully saturated rings. The molecule has 48 valence electrons. The highest BCUT2D eigenvalue weighted by Gasteiger charge is 2.17. The highest BCUT2D eigenvalue weighted by atomic mass is 35.5. The fourth-order valence-electron chi connectivity index (χ4n) is 0.938. The Hall–Kier alpha value is 0.822. The first-order valence-corrected chi connectivity index (χ1v) is 6.10. The molecule has 8 heavy (non-hydrogen) atoms. The minimum atomic E-state index is -0.500. The van der Waals surface area contributed by atoms with Crippen molar-refractivity contribution in [3.63, 3.8) is 0 Å². The molecule has 0 amide bonds. The van der Waals surface area contributed by atoms with Crippen LogP contribution in [0.2, 0.25) is 10.6 Å². The van der Waals surface area contributed by atoms with E-state index in [1.165, 1.54) is 10.6 Å². The summed E-state index contributed by atoms with van der Waals surface area (Å²) in [7, 11) is 0. The van der Waals surface area contributed by atoms with Crippen LogP contribution in [0.4, 0.5) is 0 Å². The number of hydrogen-bond donors (Lipinski definition) is 0. The SMILES string of the molecule is C[CH2][Al]([CH2]C)[CH](C)Cl. The van der Waals surface area contributed by atoms with Gasteiger partial charge in [0, 0.05) is 0 Å². The maximum Gasteiger partial charge on any atom is 0.286 e. The minimum absolute atomic E-state index is 0.491. The standard InChI is InChI=1S/C2H4Cl.2C2H5.Al/c1-2-3;2*1-2;/h2H,1H3;2*1H2,2H3;. The molecule has 0 aliphatic heterocycles. The van der Waals surface area contributed by atoms with Crippen molar-refractivity contribution in [2.45, 2.75) is 35.6 Å². The van der Waals surface area contributed by atoms with Crippen molar-refractivity contribution in [1.29, 1.82) is 0 Å². The molecule has 1 unspecified atom stereocenters. The van der Waals surface area contributed by atoms with Gasteiger partial charge < -0.3 is 0 Å². The summed E-state index contributed by atoms with van der Waals surface area (Å²) in [6, 6.07) is 0. The summed E-state index contributed by atoms with van der Waals surface area (Å²) in [6.07, 6.45) is 0. The van der Waals surface area contributed by atoms with Gasteiger partial charge in [-0.2, -0.15) is 0 Å². The van der Waals surface area contributed by atoms with E-state index in [4.69, 9.17) is 11.6 Å². The summed E-state index contributed by atoms with van der Waals surface area (Å²) in [5.74, 6) is 0. The first kappa shape index (κ1) is 8.82. The van der Waals surface area contributed by atoms with E-state index in [1.54, 1.807) is 0 Å². The molecule has 0 aromatic heterocycles. The van der Waals surface area contributed by atoms with Gasteiger partial charge in [-0.05, 0) is 4.24 Å². The molecule has 0 aromatic carbocycles. The molecule has 0 N–H and O–H groups in total. The van der Waals surface area contributed by atoms with E-state index in [1.807, 2.05) is 0 Å². The topological polar surface area (TPSA) is 0 Å². The lowest BCUT2D eigenvalue weighted by Gasteiger charge is -2.06. The van der Waals surface area contributed by atoms with E-state index in [9.17, 15) is 0 Å². The zero-order chi connectivity index (χ0) is 6.57.